The second-order valence-corrected chi connectivity index (χ2v) is 4.99. The van der Waals surface area contributed by atoms with E-state index in [1.54, 1.807) is 6.20 Å². The van der Waals surface area contributed by atoms with Crippen LogP contribution in [0.3, 0.4) is 0 Å². The minimum Gasteiger partial charge on any atom is -0.396 e. The molecule has 0 unspecified atom stereocenters. The van der Waals surface area contributed by atoms with Crippen molar-refractivity contribution in [2.24, 2.45) is 0 Å². The highest BCUT2D eigenvalue weighted by Crippen LogP contribution is 2.32. The third kappa shape index (κ3) is 3.53. The van der Waals surface area contributed by atoms with E-state index in [1.165, 1.54) is 23.0 Å². The van der Waals surface area contributed by atoms with Crippen molar-refractivity contribution in [3.8, 4) is 0 Å². The van der Waals surface area contributed by atoms with Crippen molar-refractivity contribution in [2.75, 3.05) is 11.1 Å². The SMILES string of the molecule is Nc1cnn(CC(=O)Nc2cc(Cl)c(Cl)cc2Cl)c1. The van der Waals surface area contributed by atoms with Gasteiger partial charge in [0.2, 0.25) is 5.91 Å². The number of carbonyl (C=O) groups is 1. The lowest BCUT2D eigenvalue weighted by Gasteiger charge is -2.08. The Balaban J connectivity index is 2.09. The van der Waals surface area contributed by atoms with Gasteiger partial charge >= 0.3 is 0 Å². The lowest BCUT2D eigenvalue weighted by molar-refractivity contribution is -0.116. The molecule has 3 N–H and O–H groups in total. The summed E-state index contributed by atoms with van der Waals surface area (Å²) in [5, 5.41) is 7.46. The number of carbonyl (C=O) groups excluding carboxylic acids is 1. The maximum Gasteiger partial charge on any atom is 0.246 e. The first-order valence-corrected chi connectivity index (χ1v) is 6.31. The van der Waals surface area contributed by atoms with Crippen LogP contribution in [-0.4, -0.2) is 15.7 Å². The summed E-state index contributed by atoms with van der Waals surface area (Å²) in [6, 6.07) is 2.95. The minimum atomic E-state index is -0.302. The van der Waals surface area contributed by atoms with E-state index in [9.17, 15) is 4.79 Å². The average molecular weight is 320 g/mol. The first-order chi connectivity index (χ1) is 8.95. The van der Waals surface area contributed by atoms with E-state index < -0.39 is 0 Å². The van der Waals surface area contributed by atoms with Crippen LogP contribution >= 0.6 is 34.8 Å². The Morgan fingerprint density at radius 1 is 1.26 bits per heavy atom. The monoisotopic (exact) mass is 318 g/mol. The molecule has 2 rings (SSSR count). The summed E-state index contributed by atoms with van der Waals surface area (Å²) in [5.41, 5.74) is 6.38. The van der Waals surface area contributed by atoms with Crippen LogP contribution in [0.15, 0.2) is 24.5 Å². The summed E-state index contributed by atoms with van der Waals surface area (Å²) in [7, 11) is 0. The number of aromatic nitrogens is 2. The Kier molecular flexibility index (Phi) is 4.19. The number of hydrogen-bond donors (Lipinski definition) is 2. The van der Waals surface area contributed by atoms with E-state index in [2.05, 4.69) is 10.4 Å². The lowest BCUT2D eigenvalue weighted by Crippen LogP contribution is -2.19. The number of nitrogen functional groups attached to an aromatic ring is 1. The third-order valence-corrected chi connectivity index (χ3v) is 3.28. The Hall–Kier alpha value is -1.43. The maximum atomic E-state index is 11.8. The van der Waals surface area contributed by atoms with Gasteiger partial charge < -0.3 is 11.1 Å². The maximum absolute atomic E-state index is 11.8. The van der Waals surface area contributed by atoms with Gasteiger partial charge in [-0.3, -0.25) is 9.48 Å². The topological polar surface area (TPSA) is 72.9 Å². The van der Waals surface area contributed by atoms with Crippen LogP contribution < -0.4 is 11.1 Å². The van der Waals surface area contributed by atoms with Gasteiger partial charge in [0.15, 0.2) is 0 Å². The number of nitrogens with two attached hydrogens (primary N) is 1. The Morgan fingerprint density at radius 2 is 1.95 bits per heavy atom. The zero-order valence-electron chi connectivity index (χ0n) is 9.53. The highest BCUT2D eigenvalue weighted by molar-refractivity contribution is 6.44. The first kappa shape index (κ1) is 14.0. The van der Waals surface area contributed by atoms with Gasteiger partial charge in [-0.2, -0.15) is 5.10 Å². The van der Waals surface area contributed by atoms with E-state index in [0.717, 1.165) is 0 Å². The molecule has 0 saturated carbocycles. The van der Waals surface area contributed by atoms with Gasteiger partial charge in [-0.15, -0.1) is 0 Å². The second kappa shape index (κ2) is 5.69. The largest absolute Gasteiger partial charge is 0.396 e. The molecule has 5 nitrogen and oxygen atoms in total. The predicted molar refractivity (Wildman–Crippen MR) is 76.7 cm³/mol. The highest BCUT2D eigenvalue weighted by Gasteiger charge is 2.10. The van der Waals surface area contributed by atoms with Gasteiger partial charge in [0.1, 0.15) is 6.54 Å². The average Bonchev–Trinajstić information content (AvgIpc) is 2.71. The lowest BCUT2D eigenvalue weighted by atomic mass is 10.3. The quantitative estimate of drug-likeness (QED) is 0.854. The zero-order chi connectivity index (χ0) is 14.0. The van der Waals surface area contributed by atoms with Crippen molar-refractivity contribution in [3.05, 3.63) is 39.6 Å². The summed E-state index contributed by atoms with van der Waals surface area (Å²) in [6.45, 7) is 0.0216. The number of hydrogen-bond acceptors (Lipinski definition) is 3. The molecule has 1 aromatic heterocycles. The number of nitrogens with zero attached hydrogens (tertiary/aromatic N) is 2. The third-order valence-electron chi connectivity index (χ3n) is 2.24. The van der Waals surface area contributed by atoms with Crippen LogP contribution in [0.2, 0.25) is 15.1 Å². The molecule has 0 saturated heterocycles. The van der Waals surface area contributed by atoms with E-state index >= 15 is 0 Å². The number of anilines is 2. The molecule has 0 bridgehead atoms. The van der Waals surface area contributed by atoms with Crippen LogP contribution in [-0.2, 0) is 11.3 Å². The van der Waals surface area contributed by atoms with E-state index in [0.29, 0.717) is 26.4 Å². The molecule has 0 fully saturated rings. The van der Waals surface area contributed by atoms with Crippen molar-refractivity contribution in [3.63, 3.8) is 0 Å². The van der Waals surface area contributed by atoms with Gasteiger partial charge in [-0.05, 0) is 12.1 Å². The molecule has 0 atom stereocenters. The number of nitrogens with one attached hydrogen (secondary N) is 1. The number of rotatable bonds is 3. The number of amides is 1. The smallest absolute Gasteiger partial charge is 0.246 e. The van der Waals surface area contributed by atoms with Crippen molar-refractivity contribution in [1.82, 2.24) is 9.78 Å². The van der Waals surface area contributed by atoms with Crippen molar-refractivity contribution in [2.45, 2.75) is 6.54 Å². The molecule has 19 heavy (non-hydrogen) atoms. The molecule has 0 radical (unpaired) electrons. The fourth-order valence-electron chi connectivity index (χ4n) is 1.42. The van der Waals surface area contributed by atoms with Crippen molar-refractivity contribution < 1.29 is 4.79 Å². The highest BCUT2D eigenvalue weighted by atomic mass is 35.5. The van der Waals surface area contributed by atoms with Gasteiger partial charge in [0, 0.05) is 6.20 Å². The molecule has 0 aliphatic carbocycles. The summed E-state index contributed by atoms with van der Waals surface area (Å²) in [5.74, 6) is -0.302. The van der Waals surface area contributed by atoms with Gasteiger partial charge in [-0.25, -0.2) is 0 Å². The van der Waals surface area contributed by atoms with Crippen LogP contribution in [0, 0.1) is 0 Å². The molecule has 1 heterocycles. The minimum absolute atomic E-state index is 0.0216. The molecule has 2 aromatic rings. The zero-order valence-corrected chi connectivity index (χ0v) is 11.8. The van der Waals surface area contributed by atoms with E-state index in [4.69, 9.17) is 40.5 Å². The molecule has 1 aromatic carbocycles. The molecular weight excluding hydrogens is 311 g/mol. The fraction of sp³-hybridized carbons (Fsp3) is 0.0909. The first-order valence-electron chi connectivity index (χ1n) is 5.18. The van der Waals surface area contributed by atoms with E-state index in [-0.39, 0.29) is 12.5 Å². The fourth-order valence-corrected chi connectivity index (χ4v) is 2.02. The molecule has 100 valence electrons. The number of halogens is 3. The van der Waals surface area contributed by atoms with Crippen LogP contribution in [0.4, 0.5) is 11.4 Å². The second-order valence-electron chi connectivity index (χ2n) is 3.77. The molecule has 0 aliphatic rings. The van der Waals surface area contributed by atoms with Crippen LogP contribution in [0.1, 0.15) is 0 Å². The van der Waals surface area contributed by atoms with Crippen LogP contribution in [0.5, 0.6) is 0 Å². The summed E-state index contributed by atoms with van der Waals surface area (Å²) >= 11 is 17.6. The molecule has 0 aliphatic heterocycles. The Morgan fingerprint density at radius 3 is 2.58 bits per heavy atom. The van der Waals surface area contributed by atoms with Crippen LogP contribution in [0.25, 0.3) is 0 Å². The van der Waals surface area contributed by atoms with Crippen molar-refractivity contribution >= 4 is 52.1 Å². The van der Waals surface area contributed by atoms with Gasteiger partial charge in [0.05, 0.1) is 32.6 Å². The summed E-state index contributed by atoms with van der Waals surface area (Å²) in [4.78, 5) is 11.8. The standard InChI is InChI=1S/C11H9Cl3N4O/c12-7-1-9(14)10(2-8(7)13)17-11(19)5-18-4-6(15)3-16-18/h1-4H,5,15H2,(H,17,19). The molecular formula is C11H9Cl3N4O. The summed E-state index contributed by atoms with van der Waals surface area (Å²) in [6.07, 6.45) is 3.01. The number of benzene rings is 1. The summed E-state index contributed by atoms with van der Waals surface area (Å²) < 4.78 is 1.41. The predicted octanol–water partition coefficient (Wildman–Crippen LogP) is 3.06. The van der Waals surface area contributed by atoms with Gasteiger partial charge in [-0.1, -0.05) is 34.8 Å². The molecule has 1 amide bonds. The Labute approximate surface area is 124 Å². The molecule has 0 spiro atoms. The van der Waals surface area contributed by atoms with Crippen molar-refractivity contribution in [1.29, 1.82) is 0 Å². The Bertz CT molecular complexity index is 626. The normalized spacial score (nSPS) is 10.5. The van der Waals surface area contributed by atoms with Gasteiger partial charge in [0.25, 0.3) is 0 Å². The molecule has 8 heteroatoms. The van der Waals surface area contributed by atoms with E-state index in [1.807, 2.05) is 0 Å².